The molecule has 0 saturated carbocycles. The molecule has 0 spiro atoms. The highest BCUT2D eigenvalue weighted by atomic mass is 16.4. The molecule has 1 atom stereocenters. The predicted molar refractivity (Wildman–Crippen MR) is 76.1 cm³/mol. The van der Waals surface area contributed by atoms with Crippen molar-refractivity contribution >= 4 is 12.0 Å². The first kappa shape index (κ1) is 17.5. The van der Waals surface area contributed by atoms with E-state index in [9.17, 15) is 9.59 Å². The molecule has 0 bridgehead atoms. The topological polar surface area (TPSA) is 69.6 Å². The lowest BCUT2D eigenvalue weighted by Crippen LogP contribution is -2.39. The second kappa shape index (κ2) is 9.42. The average molecular weight is 270 g/mol. The lowest BCUT2D eigenvalue weighted by molar-refractivity contribution is -0.133. The third-order valence-electron chi connectivity index (χ3n) is 2.88. The summed E-state index contributed by atoms with van der Waals surface area (Å²) < 4.78 is 0. The van der Waals surface area contributed by atoms with Crippen molar-refractivity contribution in [2.75, 3.05) is 13.1 Å². The monoisotopic (exact) mass is 270 g/mol. The van der Waals surface area contributed by atoms with Crippen LogP contribution in [0.2, 0.25) is 0 Å². The second-order valence-corrected chi connectivity index (χ2v) is 5.11. The van der Waals surface area contributed by atoms with Gasteiger partial charge in [0.2, 0.25) is 5.91 Å². The van der Waals surface area contributed by atoms with Crippen LogP contribution in [0, 0.1) is 5.92 Å². The number of nitrogens with zero attached hydrogens (tertiary/aromatic N) is 1. The Labute approximate surface area is 115 Å². The molecule has 110 valence electrons. The van der Waals surface area contributed by atoms with Crippen molar-refractivity contribution in [3.8, 4) is 0 Å². The normalized spacial score (nSPS) is 12.0. The van der Waals surface area contributed by atoms with Crippen molar-refractivity contribution in [3.05, 3.63) is 12.7 Å². The van der Waals surface area contributed by atoms with Gasteiger partial charge < -0.3 is 15.3 Å². The van der Waals surface area contributed by atoms with Crippen LogP contribution in [0.15, 0.2) is 12.7 Å². The van der Waals surface area contributed by atoms with Crippen molar-refractivity contribution in [1.29, 1.82) is 0 Å². The number of carboxylic acid groups (broad SMARTS) is 1. The minimum Gasteiger partial charge on any atom is -0.465 e. The summed E-state index contributed by atoms with van der Waals surface area (Å²) in [6.45, 7) is 10.6. The first-order chi connectivity index (χ1) is 8.88. The molecule has 0 radical (unpaired) electrons. The number of unbranched alkanes of at least 4 members (excludes halogenated alkanes) is 1. The third kappa shape index (κ3) is 8.24. The van der Waals surface area contributed by atoms with Crippen LogP contribution < -0.4 is 5.32 Å². The maximum Gasteiger partial charge on any atom is 0.404 e. The number of carbonyl (C=O) groups excluding carboxylic acids is 1. The molecule has 0 fully saturated rings. The van der Waals surface area contributed by atoms with Crippen LogP contribution in [0.4, 0.5) is 4.79 Å². The van der Waals surface area contributed by atoms with Crippen molar-refractivity contribution in [3.63, 3.8) is 0 Å². The lowest BCUT2D eigenvalue weighted by Gasteiger charge is -2.28. The zero-order chi connectivity index (χ0) is 14.8. The van der Waals surface area contributed by atoms with Gasteiger partial charge in [-0.05, 0) is 32.6 Å². The maximum absolute atomic E-state index is 12.2. The van der Waals surface area contributed by atoms with Crippen LogP contribution in [0.3, 0.4) is 0 Å². The van der Waals surface area contributed by atoms with Gasteiger partial charge in [-0.1, -0.05) is 13.0 Å². The molecule has 5 heteroatoms. The van der Waals surface area contributed by atoms with Gasteiger partial charge in [-0.3, -0.25) is 4.79 Å². The van der Waals surface area contributed by atoms with Crippen LogP contribution in [0.1, 0.15) is 40.0 Å². The van der Waals surface area contributed by atoms with Gasteiger partial charge in [0.15, 0.2) is 0 Å². The van der Waals surface area contributed by atoms with Gasteiger partial charge in [0, 0.05) is 25.6 Å². The SMILES string of the molecule is C=CCCCN(C(=O)CC(C)CNC(=O)O)C(C)C. The van der Waals surface area contributed by atoms with E-state index < -0.39 is 6.09 Å². The molecule has 0 aromatic rings. The van der Waals surface area contributed by atoms with Crippen LogP contribution in [0.5, 0.6) is 0 Å². The summed E-state index contributed by atoms with van der Waals surface area (Å²) in [4.78, 5) is 24.4. The van der Waals surface area contributed by atoms with E-state index in [-0.39, 0.29) is 17.9 Å². The van der Waals surface area contributed by atoms with Gasteiger partial charge >= 0.3 is 6.09 Å². The fourth-order valence-electron chi connectivity index (χ4n) is 1.83. The first-order valence-electron chi connectivity index (χ1n) is 6.75. The third-order valence-corrected chi connectivity index (χ3v) is 2.88. The van der Waals surface area contributed by atoms with Crippen molar-refractivity contribution in [2.45, 2.75) is 46.1 Å². The van der Waals surface area contributed by atoms with E-state index in [1.54, 1.807) is 0 Å². The molecule has 0 aliphatic heterocycles. The van der Waals surface area contributed by atoms with Crippen molar-refractivity contribution in [1.82, 2.24) is 10.2 Å². The molecule has 0 saturated heterocycles. The Kier molecular flexibility index (Phi) is 8.66. The number of hydrogen-bond acceptors (Lipinski definition) is 2. The summed E-state index contributed by atoms with van der Waals surface area (Å²) in [5, 5.41) is 10.8. The van der Waals surface area contributed by atoms with E-state index in [1.807, 2.05) is 31.7 Å². The molecule has 19 heavy (non-hydrogen) atoms. The van der Waals surface area contributed by atoms with Gasteiger partial charge in [0.25, 0.3) is 0 Å². The molecule has 2 N–H and O–H groups in total. The molecule has 0 heterocycles. The molecule has 1 unspecified atom stereocenters. The van der Waals surface area contributed by atoms with Gasteiger partial charge in [0.05, 0.1) is 0 Å². The van der Waals surface area contributed by atoms with E-state index in [4.69, 9.17) is 5.11 Å². The number of amides is 2. The molecule has 0 aromatic heterocycles. The highest BCUT2D eigenvalue weighted by Crippen LogP contribution is 2.09. The molecule has 0 aliphatic carbocycles. The summed E-state index contributed by atoms with van der Waals surface area (Å²) in [5.74, 6) is 0.0861. The minimum absolute atomic E-state index is 0.00394. The maximum atomic E-state index is 12.2. The average Bonchev–Trinajstić information content (AvgIpc) is 2.31. The van der Waals surface area contributed by atoms with E-state index in [0.29, 0.717) is 13.0 Å². The minimum atomic E-state index is -1.05. The summed E-state index contributed by atoms with van der Waals surface area (Å²) >= 11 is 0. The molecule has 0 aromatic carbocycles. The van der Waals surface area contributed by atoms with Crippen LogP contribution in [-0.4, -0.2) is 41.1 Å². The number of nitrogens with one attached hydrogen (secondary N) is 1. The van der Waals surface area contributed by atoms with Crippen LogP contribution in [-0.2, 0) is 4.79 Å². The summed E-state index contributed by atoms with van der Waals surface area (Å²) in [6.07, 6.45) is 2.97. The zero-order valence-corrected chi connectivity index (χ0v) is 12.2. The summed E-state index contributed by atoms with van der Waals surface area (Å²) in [5.41, 5.74) is 0. The molecule has 2 amide bonds. The quantitative estimate of drug-likeness (QED) is 0.499. The van der Waals surface area contributed by atoms with E-state index in [2.05, 4.69) is 11.9 Å². The predicted octanol–water partition coefficient (Wildman–Crippen LogP) is 2.48. The number of allylic oxidation sites excluding steroid dienone is 1. The largest absolute Gasteiger partial charge is 0.465 e. The lowest BCUT2D eigenvalue weighted by atomic mass is 10.1. The fraction of sp³-hybridized carbons (Fsp3) is 0.714. The Bertz CT molecular complexity index is 303. The van der Waals surface area contributed by atoms with Crippen LogP contribution in [0.25, 0.3) is 0 Å². The molecule has 0 aliphatic rings. The Morgan fingerprint density at radius 2 is 2.00 bits per heavy atom. The Hall–Kier alpha value is -1.52. The van der Waals surface area contributed by atoms with Crippen molar-refractivity contribution < 1.29 is 14.7 Å². The highest BCUT2D eigenvalue weighted by molar-refractivity contribution is 5.76. The van der Waals surface area contributed by atoms with Gasteiger partial charge in [-0.2, -0.15) is 0 Å². The smallest absolute Gasteiger partial charge is 0.404 e. The van der Waals surface area contributed by atoms with Crippen molar-refractivity contribution in [2.24, 2.45) is 5.92 Å². The Morgan fingerprint density at radius 1 is 1.37 bits per heavy atom. The van der Waals surface area contributed by atoms with E-state index >= 15 is 0 Å². The van der Waals surface area contributed by atoms with Crippen LogP contribution >= 0.6 is 0 Å². The summed E-state index contributed by atoms with van der Waals surface area (Å²) in [7, 11) is 0. The number of rotatable bonds is 9. The second-order valence-electron chi connectivity index (χ2n) is 5.11. The highest BCUT2D eigenvalue weighted by Gasteiger charge is 2.19. The molecule has 5 nitrogen and oxygen atoms in total. The number of hydrogen-bond donors (Lipinski definition) is 2. The summed E-state index contributed by atoms with van der Waals surface area (Å²) in [6, 6.07) is 0.164. The first-order valence-corrected chi connectivity index (χ1v) is 6.75. The van der Waals surface area contributed by atoms with Gasteiger partial charge in [0.1, 0.15) is 0 Å². The fourth-order valence-corrected chi connectivity index (χ4v) is 1.83. The standard InChI is InChI=1S/C14H26N2O3/c1-5-6-7-8-16(11(2)3)13(17)9-12(4)10-15-14(18)19/h5,11-12,15H,1,6-10H2,2-4H3,(H,18,19). The molecule has 0 rings (SSSR count). The van der Waals surface area contributed by atoms with E-state index in [0.717, 1.165) is 19.4 Å². The van der Waals surface area contributed by atoms with Gasteiger partial charge in [-0.25, -0.2) is 4.79 Å². The zero-order valence-electron chi connectivity index (χ0n) is 12.2. The molecular weight excluding hydrogens is 244 g/mol. The van der Waals surface area contributed by atoms with E-state index in [1.165, 1.54) is 0 Å². The molecular formula is C14H26N2O3. The van der Waals surface area contributed by atoms with Gasteiger partial charge in [-0.15, -0.1) is 6.58 Å². The Balaban J connectivity index is 4.23. The Morgan fingerprint density at radius 3 is 2.47 bits per heavy atom. The number of carbonyl (C=O) groups is 2.